The maximum absolute atomic E-state index is 2.54. The Balaban J connectivity index is 1.86. The third-order valence-electron chi connectivity index (χ3n) is 6.31. The molecule has 0 aromatic rings. The van der Waals surface area contributed by atoms with Gasteiger partial charge >= 0.3 is 0 Å². The molecule has 3 aliphatic carbocycles. The van der Waals surface area contributed by atoms with Crippen molar-refractivity contribution in [2.24, 2.45) is 0 Å². The fourth-order valence-electron chi connectivity index (χ4n) is 5.34. The van der Waals surface area contributed by atoms with Crippen molar-refractivity contribution in [3.05, 3.63) is 23.0 Å². The monoisotopic (exact) mass is 378 g/mol. The molecule has 0 bridgehead atoms. The summed E-state index contributed by atoms with van der Waals surface area (Å²) >= 11 is 0. The second kappa shape index (κ2) is 9.02. The molecular formula is C23H40P2. The predicted molar refractivity (Wildman–Crippen MR) is 119 cm³/mol. The molecule has 2 heteroatoms. The van der Waals surface area contributed by atoms with Gasteiger partial charge in [-0.2, -0.15) is 0 Å². The van der Waals surface area contributed by atoms with Crippen LogP contribution in [-0.4, -0.2) is 22.1 Å². The van der Waals surface area contributed by atoms with Crippen LogP contribution in [0.1, 0.15) is 98.3 Å². The highest BCUT2D eigenvalue weighted by Gasteiger charge is 2.36. The van der Waals surface area contributed by atoms with E-state index >= 15 is 0 Å². The fourth-order valence-corrected chi connectivity index (χ4v) is 11.4. The zero-order valence-electron chi connectivity index (χ0n) is 17.1. The minimum atomic E-state index is 0.110. The van der Waals surface area contributed by atoms with Crippen LogP contribution in [0.25, 0.3) is 0 Å². The van der Waals surface area contributed by atoms with Crippen LogP contribution in [0.2, 0.25) is 0 Å². The molecule has 2 unspecified atom stereocenters. The smallest absolute Gasteiger partial charge is 0.000633 e. The molecule has 0 radical (unpaired) electrons. The molecule has 2 fully saturated rings. The van der Waals surface area contributed by atoms with Gasteiger partial charge in [-0.25, -0.2) is 0 Å². The first kappa shape index (κ1) is 20.1. The van der Waals surface area contributed by atoms with Crippen LogP contribution in [0.3, 0.4) is 0 Å². The van der Waals surface area contributed by atoms with E-state index in [1.54, 1.807) is 5.57 Å². The maximum Gasteiger partial charge on any atom is -0.000633 e. The molecule has 0 heterocycles. The van der Waals surface area contributed by atoms with Gasteiger partial charge in [-0.1, -0.05) is 86.3 Å². The Bertz CT molecular complexity index is 467. The first-order chi connectivity index (χ1) is 12.0. The zero-order chi connectivity index (χ0) is 17.9. The third kappa shape index (κ3) is 5.42. The molecule has 0 spiro atoms. The number of hydrogen-bond donors (Lipinski definition) is 0. The van der Waals surface area contributed by atoms with Crippen LogP contribution in [0, 0.1) is 0 Å². The van der Waals surface area contributed by atoms with Gasteiger partial charge < -0.3 is 0 Å². The van der Waals surface area contributed by atoms with Gasteiger partial charge in [0.05, 0.1) is 0 Å². The van der Waals surface area contributed by atoms with Crippen LogP contribution in [0.5, 0.6) is 0 Å². The molecule has 0 nitrogen and oxygen atoms in total. The van der Waals surface area contributed by atoms with Crippen LogP contribution in [0.4, 0.5) is 0 Å². The summed E-state index contributed by atoms with van der Waals surface area (Å²) in [5.74, 6) is 0. The Morgan fingerprint density at radius 3 is 1.92 bits per heavy atom. The Hall–Kier alpha value is 0.340. The molecule has 0 amide bonds. The normalized spacial score (nSPS) is 25.6. The first-order valence-corrected chi connectivity index (χ1v) is 13.5. The lowest BCUT2D eigenvalue weighted by Gasteiger charge is -2.40. The lowest BCUT2D eigenvalue weighted by molar-refractivity contribution is 0.485. The number of rotatable bonds is 5. The van der Waals surface area contributed by atoms with Gasteiger partial charge in [-0.05, 0) is 65.1 Å². The second-order valence-electron chi connectivity index (χ2n) is 9.62. The summed E-state index contributed by atoms with van der Waals surface area (Å²) in [6.07, 6.45) is 21.5. The van der Waals surface area contributed by atoms with Crippen molar-refractivity contribution in [2.75, 3.05) is 0 Å². The quantitative estimate of drug-likeness (QED) is 0.423. The van der Waals surface area contributed by atoms with Crippen LogP contribution < -0.4 is 0 Å². The van der Waals surface area contributed by atoms with E-state index in [-0.39, 0.29) is 7.92 Å². The van der Waals surface area contributed by atoms with Crippen LogP contribution in [-0.2, 0) is 0 Å². The highest BCUT2D eigenvalue weighted by atomic mass is 31.1. The summed E-state index contributed by atoms with van der Waals surface area (Å²) in [7, 11) is 1.16. The van der Waals surface area contributed by atoms with Gasteiger partial charge in [0, 0.05) is 0 Å². The highest BCUT2D eigenvalue weighted by molar-refractivity contribution is 7.63. The molecule has 0 aromatic carbocycles. The summed E-state index contributed by atoms with van der Waals surface area (Å²) in [6.45, 7) is 9.79. The standard InChI is InChI=1S/C23H40P2/c1-18(24-23(2,3)4)21-16-11-17-22(21)25(19-12-7-5-8-13-19)20-14-9-6-10-15-20/h11,16,18-20,24H,5-10,12-15,17H2,1-4H3. The third-order valence-corrected chi connectivity index (χ3v) is 11.6. The van der Waals surface area contributed by atoms with Gasteiger partial charge in [0.2, 0.25) is 0 Å². The molecule has 3 rings (SSSR count). The van der Waals surface area contributed by atoms with Gasteiger partial charge in [-0.3, -0.25) is 0 Å². The highest BCUT2D eigenvalue weighted by Crippen LogP contribution is 2.64. The van der Waals surface area contributed by atoms with Crippen molar-refractivity contribution >= 4 is 16.5 Å². The second-order valence-corrected chi connectivity index (χ2v) is 15.1. The van der Waals surface area contributed by atoms with E-state index in [1.807, 2.05) is 5.31 Å². The lowest BCUT2D eigenvalue weighted by atomic mass is 9.99. The molecule has 0 N–H and O–H groups in total. The molecule has 25 heavy (non-hydrogen) atoms. The zero-order valence-corrected chi connectivity index (χ0v) is 19.0. The average Bonchev–Trinajstić information content (AvgIpc) is 3.05. The van der Waals surface area contributed by atoms with E-state index in [0.29, 0.717) is 5.16 Å². The largest absolute Gasteiger partial charge is 0.109 e. The van der Waals surface area contributed by atoms with Gasteiger partial charge in [0.1, 0.15) is 0 Å². The minimum absolute atomic E-state index is 0.110. The molecule has 3 aliphatic rings. The number of hydrogen-bond acceptors (Lipinski definition) is 0. The first-order valence-electron chi connectivity index (χ1n) is 10.9. The summed E-state index contributed by atoms with van der Waals surface area (Å²) < 4.78 is 0. The topological polar surface area (TPSA) is 0 Å². The minimum Gasteiger partial charge on any atom is -0.109 e. The van der Waals surface area contributed by atoms with E-state index < -0.39 is 0 Å². The average molecular weight is 379 g/mol. The van der Waals surface area contributed by atoms with E-state index in [2.05, 4.69) is 39.8 Å². The summed E-state index contributed by atoms with van der Waals surface area (Å²) in [5.41, 5.74) is 4.67. The summed E-state index contributed by atoms with van der Waals surface area (Å²) in [4.78, 5) is 0. The molecule has 0 saturated heterocycles. The Morgan fingerprint density at radius 1 is 0.920 bits per heavy atom. The van der Waals surface area contributed by atoms with Crippen molar-refractivity contribution in [3.63, 3.8) is 0 Å². The molecular weight excluding hydrogens is 338 g/mol. The summed E-state index contributed by atoms with van der Waals surface area (Å²) in [5, 5.41) is 2.42. The molecule has 142 valence electrons. The van der Waals surface area contributed by atoms with E-state index in [4.69, 9.17) is 0 Å². The Labute approximate surface area is 160 Å². The van der Waals surface area contributed by atoms with Crippen LogP contribution >= 0.6 is 16.5 Å². The SMILES string of the molecule is CC(PC(C)(C)C)C1=C(P(C2CCCCC2)C2CCCCC2)CC=C1. The van der Waals surface area contributed by atoms with Crippen molar-refractivity contribution in [3.8, 4) is 0 Å². The maximum atomic E-state index is 2.54. The van der Waals surface area contributed by atoms with E-state index in [0.717, 1.165) is 25.6 Å². The van der Waals surface area contributed by atoms with Crippen molar-refractivity contribution in [1.29, 1.82) is 0 Å². The fraction of sp³-hybridized carbons (Fsp3) is 0.826. The molecule has 0 aliphatic heterocycles. The Kier molecular flexibility index (Phi) is 7.25. The van der Waals surface area contributed by atoms with Gasteiger partial charge in [0.15, 0.2) is 0 Å². The molecule has 0 aromatic heterocycles. The van der Waals surface area contributed by atoms with Crippen molar-refractivity contribution < 1.29 is 0 Å². The van der Waals surface area contributed by atoms with Crippen LogP contribution in [0.15, 0.2) is 23.0 Å². The van der Waals surface area contributed by atoms with E-state index in [1.165, 1.54) is 70.6 Å². The predicted octanol–water partition coefficient (Wildman–Crippen LogP) is 8.21. The van der Waals surface area contributed by atoms with Gasteiger partial charge in [-0.15, -0.1) is 8.58 Å². The van der Waals surface area contributed by atoms with Gasteiger partial charge in [0.25, 0.3) is 0 Å². The summed E-state index contributed by atoms with van der Waals surface area (Å²) in [6, 6.07) is 0. The van der Waals surface area contributed by atoms with Crippen molar-refractivity contribution in [2.45, 2.75) is 120 Å². The Morgan fingerprint density at radius 2 is 1.44 bits per heavy atom. The molecule has 2 atom stereocenters. The van der Waals surface area contributed by atoms with E-state index in [9.17, 15) is 0 Å². The van der Waals surface area contributed by atoms with Crippen molar-refractivity contribution in [1.82, 2.24) is 0 Å². The molecule has 2 saturated carbocycles. The lowest BCUT2D eigenvalue weighted by Crippen LogP contribution is -2.22. The number of allylic oxidation sites excluding steroid dienone is 4.